The summed E-state index contributed by atoms with van der Waals surface area (Å²) in [5, 5.41) is 19.2. The lowest BCUT2D eigenvalue weighted by molar-refractivity contribution is -0.112. The number of hydrogen-bond acceptors (Lipinski definition) is 6. The Kier molecular flexibility index (Phi) is 4.97. The van der Waals surface area contributed by atoms with Gasteiger partial charge in [0.2, 0.25) is 5.43 Å². The quantitative estimate of drug-likeness (QED) is 0.702. The molecular weight excluding hydrogens is 363 g/mol. The molecule has 9 heteroatoms. The van der Waals surface area contributed by atoms with E-state index in [4.69, 9.17) is 9.47 Å². The minimum Gasteiger partial charge on any atom is -0.483 e. The number of rotatable bonds is 4. The van der Waals surface area contributed by atoms with Crippen molar-refractivity contribution >= 4 is 18.5 Å². The van der Waals surface area contributed by atoms with E-state index in [1.165, 1.54) is 10.8 Å². The topological polar surface area (TPSA) is 101 Å². The maximum Gasteiger partial charge on any atom is 0.494 e. The Labute approximate surface area is 162 Å². The van der Waals surface area contributed by atoms with Gasteiger partial charge in [0.05, 0.1) is 13.2 Å². The highest BCUT2D eigenvalue weighted by Gasteiger charge is 2.41. The van der Waals surface area contributed by atoms with Crippen molar-refractivity contribution in [2.75, 3.05) is 6.61 Å². The van der Waals surface area contributed by atoms with Gasteiger partial charge in [0.1, 0.15) is 6.61 Å². The monoisotopic (exact) mass is 384 g/mol. The number of fused-ring (bicyclic) bond motifs is 2. The summed E-state index contributed by atoms with van der Waals surface area (Å²) in [5.41, 5.74) is -0.00294. The predicted octanol–water partition coefficient (Wildman–Crippen LogP) is -0.302. The van der Waals surface area contributed by atoms with Gasteiger partial charge in [-0.3, -0.25) is 9.59 Å². The summed E-state index contributed by atoms with van der Waals surface area (Å²) in [6.45, 7) is 2.85. The maximum absolute atomic E-state index is 13.2. The van der Waals surface area contributed by atoms with Crippen molar-refractivity contribution in [2.24, 2.45) is 0 Å². The lowest BCUT2D eigenvalue weighted by atomic mass is 9.80. The molecule has 1 saturated heterocycles. The summed E-state index contributed by atoms with van der Waals surface area (Å²) >= 11 is 0. The third kappa shape index (κ3) is 3.21. The summed E-state index contributed by atoms with van der Waals surface area (Å²) in [5.74, 6) is -0.529. The minimum atomic E-state index is -1.97. The lowest BCUT2D eigenvalue weighted by Gasteiger charge is -2.44. The SMILES string of the molecule is C[C@@H]1CCO[C@H]2Cn3cc(B(O)O)c(=O)c(OCc4ccccc4)c3C(=O)N12. The highest BCUT2D eigenvalue weighted by atomic mass is 16.5. The number of pyridine rings is 1. The minimum absolute atomic E-state index is 0.0276. The molecule has 2 aliphatic heterocycles. The van der Waals surface area contributed by atoms with E-state index in [1.807, 2.05) is 37.3 Å². The first-order valence-corrected chi connectivity index (χ1v) is 9.22. The first-order chi connectivity index (χ1) is 13.5. The molecule has 0 unspecified atom stereocenters. The van der Waals surface area contributed by atoms with Crippen LogP contribution in [0.2, 0.25) is 0 Å². The summed E-state index contributed by atoms with van der Waals surface area (Å²) < 4.78 is 13.0. The van der Waals surface area contributed by atoms with Crippen molar-refractivity contribution in [1.29, 1.82) is 0 Å². The highest BCUT2D eigenvalue weighted by Crippen LogP contribution is 2.29. The van der Waals surface area contributed by atoms with Crippen molar-refractivity contribution in [2.45, 2.75) is 38.8 Å². The van der Waals surface area contributed by atoms with E-state index < -0.39 is 18.8 Å². The molecule has 2 N–H and O–H groups in total. The van der Waals surface area contributed by atoms with Crippen molar-refractivity contribution in [3.63, 3.8) is 0 Å². The fourth-order valence-corrected chi connectivity index (χ4v) is 3.71. The van der Waals surface area contributed by atoms with E-state index in [0.717, 1.165) is 5.56 Å². The molecule has 28 heavy (non-hydrogen) atoms. The number of carbonyl (C=O) groups excluding carboxylic acids is 1. The van der Waals surface area contributed by atoms with E-state index in [1.54, 1.807) is 4.90 Å². The number of amides is 1. The molecule has 0 radical (unpaired) electrons. The van der Waals surface area contributed by atoms with Crippen LogP contribution in [0.1, 0.15) is 29.4 Å². The van der Waals surface area contributed by atoms with Crippen molar-refractivity contribution < 1.29 is 24.3 Å². The Morgan fingerprint density at radius 1 is 1.25 bits per heavy atom. The number of benzene rings is 1. The van der Waals surface area contributed by atoms with E-state index in [-0.39, 0.29) is 42.0 Å². The van der Waals surface area contributed by atoms with Crippen LogP contribution in [0, 0.1) is 0 Å². The first-order valence-electron chi connectivity index (χ1n) is 9.22. The Morgan fingerprint density at radius 3 is 2.71 bits per heavy atom. The van der Waals surface area contributed by atoms with Crippen LogP contribution >= 0.6 is 0 Å². The molecule has 1 fully saturated rings. The molecule has 0 bridgehead atoms. The lowest BCUT2D eigenvalue weighted by Crippen LogP contribution is -2.58. The van der Waals surface area contributed by atoms with Crippen LogP contribution in [-0.2, 0) is 17.9 Å². The van der Waals surface area contributed by atoms with Crippen LogP contribution in [0.25, 0.3) is 0 Å². The molecule has 1 aromatic carbocycles. The molecule has 1 aromatic heterocycles. The predicted molar refractivity (Wildman–Crippen MR) is 101 cm³/mol. The van der Waals surface area contributed by atoms with Gasteiger partial charge in [0.25, 0.3) is 5.91 Å². The van der Waals surface area contributed by atoms with E-state index in [9.17, 15) is 19.6 Å². The van der Waals surface area contributed by atoms with Crippen LogP contribution in [0.3, 0.4) is 0 Å². The highest BCUT2D eigenvalue weighted by molar-refractivity contribution is 6.58. The molecule has 3 heterocycles. The molecule has 8 nitrogen and oxygen atoms in total. The van der Waals surface area contributed by atoms with Gasteiger partial charge < -0.3 is 29.0 Å². The Bertz CT molecular complexity index is 945. The van der Waals surface area contributed by atoms with Crippen LogP contribution < -0.4 is 15.6 Å². The summed E-state index contributed by atoms with van der Waals surface area (Å²) in [6, 6.07) is 9.21. The van der Waals surface area contributed by atoms with Crippen molar-refractivity contribution in [3.05, 3.63) is 58.0 Å². The number of carbonyl (C=O) groups is 1. The van der Waals surface area contributed by atoms with E-state index in [0.29, 0.717) is 13.0 Å². The number of aromatic nitrogens is 1. The van der Waals surface area contributed by atoms with E-state index in [2.05, 4.69) is 0 Å². The van der Waals surface area contributed by atoms with Gasteiger partial charge in [0, 0.05) is 17.7 Å². The Hall–Kier alpha value is -2.62. The largest absolute Gasteiger partial charge is 0.494 e. The number of hydrogen-bond donors (Lipinski definition) is 2. The van der Waals surface area contributed by atoms with E-state index >= 15 is 0 Å². The molecular formula is C19H21BN2O6. The molecule has 0 spiro atoms. The third-order valence-electron chi connectivity index (χ3n) is 5.19. The molecule has 4 rings (SSSR count). The average molecular weight is 384 g/mol. The zero-order chi connectivity index (χ0) is 19.8. The second-order valence-corrected chi connectivity index (χ2v) is 7.07. The second-order valence-electron chi connectivity index (χ2n) is 7.07. The summed E-state index contributed by atoms with van der Waals surface area (Å²) in [4.78, 5) is 27.7. The molecule has 1 amide bonds. The molecule has 0 aliphatic carbocycles. The van der Waals surface area contributed by atoms with Crippen LogP contribution in [0.4, 0.5) is 0 Å². The van der Waals surface area contributed by atoms with Gasteiger partial charge in [-0.25, -0.2) is 0 Å². The molecule has 0 saturated carbocycles. The van der Waals surface area contributed by atoms with Gasteiger partial charge in [-0.2, -0.15) is 0 Å². The molecule has 2 aromatic rings. The van der Waals surface area contributed by atoms with Gasteiger partial charge in [-0.05, 0) is 18.9 Å². The second kappa shape index (κ2) is 7.42. The van der Waals surface area contributed by atoms with Gasteiger partial charge in [-0.1, -0.05) is 30.3 Å². The maximum atomic E-state index is 13.2. The zero-order valence-corrected chi connectivity index (χ0v) is 15.4. The number of ether oxygens (including phenoxy) is 2. The first kappa shape index (κ1) is 18.7. The Balaban J connectivity index is 1.79. The Morgan fingerprint density at radius 2 is 2.00 bits per heavy atom. The van der Waals surface area contributed by atoms with Crippen molar-refractivity contribution in [3.8, 4) is 5.75 Å². The van der Waals surface area contributed by atoms with Crippen LogP contribution in [-0.4, -0.2) is 51.4 Å². The van der Waals surface area contributed by atoms with Crippen LogP contribution in [0.5, 0.6) is 5.75 Å². The molecule has 2 atom stereocenters. The van der Waals surface area contributed by atoms with Gasteiger partial charge in [0.15, 0.2) is 17.7 Å². The smallest absolute Gasteiger partial charge is 0.483 e. The third-order valence-corrected chi connectivity index (χ3v) is 5.19. The summed E-state index contributed by atoms with van der Waals surface area (Å²) in [6.07, 6.45) is 1.55. The zero-order valence-electron chi connectivity index (χ0n) is 15.4. The van der Waals surface area contributed by atoms with Crippen LogP contribution in [0.15, 0.2) is 41.3 Å². The normalized spacial score (nSPS) is 21.1. The molecule has 2 aliphatic rings. The number of nitrogens with zero attached hydrogens (tertiary/aromatic N) is 2. The standard InChI is InChI=1S/C19H21BN2O6/c1-12-7-8-27-15-10-21-9-14(20(25)26)17(23)18(16(21)19(24)22(12)15)28-11-13-5-3-2-4-6-13/h2-6,9,12,15,25-26H,7-8,10-11H2,1H3/t12-,15+/m1/s1. The summed E-state index contributed by atoms with van der Waals surface area (Å²) in [7, 11) is -1.97. The fourth-order valence-electron chi connectivity index (χ4n) is 3.71. The average Bonchev–Trinajstić information content (AvgIpc) is 2.68. The van der Waals surface area contributed by atoms with Gasteiger partial charge in [-0.15, -0.1) is 0 Å². The van der Waals surface area contributed by atoms with Crippen molar-refractivity contribution in [1.82, 2.24) is 9.47 Å². The fraction of sp³-hybridized carbons (Fsp3) is 0.368. The molecule has 146 valence electrons. The van der Waals surface area contributed by atoms with Gasteiger partial charge >= 0.3 is 7.12 Å².